The molecule has 2 rings (SSSR count). The van der Waals surface area contributed by atoms with E-state index in [9.17, 15) is 9.59 Å². The Morgan fingerprint density at radius 3 is 2.25 bits per heavy atom. The number of ether oxygens (including phenoxy) is 1. The van der Waals surface area contributed by atoms with Crippen LogP contribution in [0.4, 0.5) is 5.69 Å². The molecule has 0 unspecified atom stereocenters. The van der Waals surface area contributed by atoms with Crippen molar-refractivity contribution in [3.63, 3.8) is 0 Å². The van der Waals surface area contributed by atoms with E-state index in [-0.39, 0.29) is 17.8 Å². The lowest BCUT2D eigenvalue weighted by Crippen LogP contribution is -2.14. The number of nitrogens with one attached hydrogen (secondary N) is 1. The monoisotopic (exact) mass is 325 g/mol. The number of esters is 1. The number of hydrogen-bond acceptors (Lipinski definition) is 3. The van der Waals surface area contributed by atoms with Gasteiger partial charge in [0.05, 0.1) is 12.2 Å². The molecule has 0 aliphatic heterocycles. The van der Waals surface area contributed by atoms with Crippen LogP contribution in [0, 0.1) is 5.92 Å². The Morgan fingerprint density at radius 2 is 1.62 bits per heavy atom. The lowest BCUT2D eigenvalue weighted by molar-refractivity contribution is 0.0458. The molecule has 0 saturated heterocycles. The van der Waals surface area contributed by atoms with Crippen molar-refractivity contribution in [1.82, 2.24) is 0 Å². The van der Waals surface area contributed by atoms with E-state index in [1.807, 2.05) is 45.0 Å². The minimum atomic E-state index is -0.369. The van der Waals surface area contributed by atoms with Crippen molar-refractivity contribution in [2.45, 2.75) is 27.2 Å². The molecule has 24 heavy (non-hydrogen) atoms. The average Bonchev–Trinajstić information content (AvgIpc) is 2.60. The van der Waals surface area contributed by atoms with Crippen LogP contribution in [0.2, 0.25) is 0 Å². The maximum atomic E-state index is 12.4. The predicted molar refractivity (Wildman–Crippen MR) is 95.3 cm³/mol. The van der Waals surface area contributed by atoms with Gasteiger partial charge in [-0.15, -0.1) is 0 Å². The van der Waals surface area contributed by atoms with Crippen LogP contribution >= 0.6 is 0 Å². The number of hydrogen-bond donors (Lipinski definition) is 1. The summed E-state index contributed by atoms with van der Waals surface area (Å²) in [5.74, 6) is -0.275. The van der Waals surface area contributed by atoms with Crippen molar-refractivity contribution in [3.8, 4) is 0 Å². The summed E-state index contributed by atoms with van der Waals surface area (Å²) in [5, 5.41) is 2.91. The highest BCUT2D eigenvalue weighted by Gasteiger charge is 2.11. The summed E-state index contributed by atoms with van der Waals surface area (Å²) in [5.41, 5.74) is 2.84. The van der Waals surface area contributed by atoms with Gasteiger partial charge >= 0.3 is 5.97 Å². The first kappa shape index (κ1) is 17.7. The van der Waals surface area contributed by atoms with Crippen LogP contribution in [-0.2, 0) is 11.2 Å². The highest BCUT2D eigenvalue weighted by molar-refractivity contribution is 6.05. The summed E-state index contributed by atoms with van der Waals surface area (Å²) in [4.78, 5) is 24.2. The van der Waals surface area contributed by atoms with Crippen molar-refractivity contribution in [1.29, 1.82) is 0 Å². The van der Waals surface area contributed by atoms with E-state index < -0.39 is 0 Å². The first-order valence-electron chi connectivity index (χ1n) is 8.17. The lowest BCUT2D eigenvalue weighted by atomic mass is 10.1. The molecule has 0 fully saturated rings. The fourth-order valence-electron chi connectivity index (χ4n) is 2.23. The number of rotatable bonds is 6. The summed E-state index contributed by atoms with van der Waals surface area (Å²) < 4.78 is 5.18. The van der Waals surface area contributed by atoms with E-state index in [4.69, 9.17) is 4.74 Å². The highest BCUT2D eigenvalue weighted by atomic mass is 16.5. The molecule has 4 nitrogen and oxygen atoms in total. The topological polar surface area (TPSA) is 55.4 Å². The molecule has 0 radical (unpaired) electrons. The smallest absolute Gasteiger partial charge is 0.338 e. The van der Waals surface area contributed by atoms with Crippen LogP contribution in [0.25, 0.3) is 0 Å². The molecule has 0 aromatic heterocycles. The number of anilines is 1. The van der Waals surface area contributed by atoms with Crippen LogP contribution in [-0.4, -0.2) is 18.5 Å². The minimum absolute atomic E-state index is 0.196. The van der Waals surface area contributed by atoms with E-state index in [0.717, 1.165) is 17.7 Å². The molecule has 0 bridgehead atoms. The number of aryl methyl sites for hydroxylation is 1. The van der Waals surface area contributed by atoms with Crippen molar-refractivity contribution >= 4 is 17.6 Å². The highest BCUT2D eigenvalue weighted by Crippen LogP contribution is 2.17. The van der Waals surface area contributed by atoms with Crippen LogP contribution in [0.1, 0.15) is 47.1 Å². The maximum Gasteiger partial charge on any atom is 0.338 e. The Hall–Kier alpha value is -2.62. The Bertz CT molecular complexity index is 705. The van der Waals surface area contributed by atoms with Gasteiger partial charge in [-0.2, -0.15) is 0 Å². The molecule has 126 valence electrons. The molecule has 1 amide bonds. The second kappa shape index (κ2) is 8.29. The Labute approximate surface area is 142 Å². The van der Waals surface area contributed by atoms with Crippen LogP contribution in [0.3, 0.4) is 0 Å². The van der Waals surface area contributed by atoms with Gasteiger partial charge < -0.3 is 10.1 Å². The Kier molecular flexibility index (Phi) is 6.13. The minimum Gasteiger partial charge on any atom is -0.462 e. The van der Waals surface area contributed by atoms with Crippen molar-refractivity contribution in [2.75, 3.05) is 11.9 Å². The molecule has 0 heterocycles. The second-order valence-electron chi connectivity index (χ2n) is 6.03. The summed E-state index contributed by atoms with van der Waals surface area (Å²) in [6.07, 6.45) is 0.844. The lowest BCUT2D eigenvalue weighted by Gasteiger charge is -2.10. The standard InChI is InChI=1S/C20H23NO3/c1-4-15-7-5-6-8-18(15)21-19(22)16-9-11-17(12-10-16)20(23)24-13-14(2)3/h5-12,14H,4,13H2,1-3H3,(H,21,22). The molecule has 0 spiro atoms. The number of carbonyl (C=O) groups is 2. The molecule has 0 aliphatic carbocycles. The summed E-state index contributed by atoms with van der Waals surface area (Å²) in [6, 6.07) is 14.2. The van der Waals surface area contributed by atoms with E-state index in [0.29, 0.717) is 17.7 Å². The quantitative estimate of drug-likeness (QED) is 0.805. The van der Waals surface area contributed by atoms with Gasteiger partial charge in [0.2, 0.25) is 0 Å². The number of benzene rings is 2. The van der Waals surface area contributed by atoms with Gasteiger partial charge in [0.15, 0.2) is 0 Å². The molecule has 0 atom stereocenters. The zero-order valence-corrected chi connectivity index (χ0v) is 14.3. The van der Waals surface area contributed by atoms with Crippen LogP contribution in [0.15, 0.2) is 48.5 Å². The fraction of sp³-hybridized carbons (Fsp3) is 0.300. The zero-order chi connectivity index (χ0) is 17.5. The third-order valence-corrected chi connectivity index (χ3v) is 3.58. The van der Waals surface area contributed by atoms with E-state index in [1.165, 1.54) is 0 Å². The van der Waals surface area contributed by atoms with Gasteiger partial charge in [0.1, 0.15) is 0 Å². The van der Waals surface area contributed by atoms with E-state index in [1.54, 1.807) is 24.3 Å². The van der Waals surface area contributed by atoms with Crippen molar-refractivity contribution < 1.29 is 14.3 Å². The first-order valence-corrected chi connectivity index (χ1v) is 8.17. The van der Waals surface area contributed by atoms with Gasteiger partial charge in [-0.3, -0.25) is 4.79 Å². The Balaban J connectivity index is 2.04. The van der Waals surface area contributed by atoms with E-state index >= 15 is 0 Å². The molecule has 0 aliphatic rings. The van der Waals surface area contributed by atoms with Crippen LogP contribution < -0.4 is 5.32 Å². The van der Waals surface area contributed by atoms with Gasteiger partial charge in [0, 0.05) is 11.3 Å². The zero-order valence-electron chi connectivity index (χ0n) is 14.3. The van der Waals surface area contributed by atoms with Gasteiger partial charge in [0.25, 0.3) is 5.91 Å². The van der Waals surface area contributed by atoms with Crippen LogP contribution in [0.5, 0.6) is 0 Å². The molecular weight excluding hydrogens is 302 g/mol. The van der Waals surface area contributed by atoms with Gasteiger partial charge in [-0.25, -0.2) is 4.79 Å². The molecule has 1 N–H and O–H groups in total. The van der Waals surface area contributed by atoms with Crippen molar-refractivity contribution in [3.05, 3.63) is 65.2 Å². The third-order valence-electron chi connectivity index (χ3n) is 3.58. The molecule has 2 aromatic carbocycles. The first-order chi connectivity index (χ1) is 11.5. The van der Waals surface area contributed by atoms with E-state index in [2.05, 4.69) is 5.32 Å². The summed E-state index contributed by atoms with van der Waals surface area (Å²) in [7, 11) is 0. The normalized spacial score (nSPS) is 10.5. The SMILES string of the molecule is CCc1ccccc1NC(=O)c1ccc(C(=O)OCC(C)C)cc1. The predicted octanol–water partition coefficient (Wildman–Crippen LogP) is 4.31. The summed E-state index contributed by atoms with van der Waals surface area (Å²) >= 11 is 0. The summed E-state index contributed by atoms with van der Waals surface area (Å²) in [6.45, 7) is 6.39. The molecular formula is C20H23NO3. The maximum absolute atomic E-state index is 12.4. The molecule has 2 aromatic rings. The average molecular weight is 325 g/mol. The number of para-hydroxylation sites is 1. The third kappa shape index (κ3) is 4.69. The molecule has 0 saturated carbocycles. The molecule has 4 heteroatoms. The van der Waals surface area contributed by atoms with Gasteiger partial charge in [-0.05, 0) is 48.2 Å². The number of amides is 1. The fourth-order valence-corrected chi connectivity index (χ4v) is 2.23. The Morgan fingerprint density at radius 1 is 1.00 bits per heavy atom. The van der Waals surface area contributed by atoms with Gasteiger partial charge in [-0.1, -0.05) is 39.0 Å². The largest absolute Gasteiger partial charge is 0.462 e. The number of carbonyl (C=O) groups excluding carboxylic acids is 2. The second-order valence-corrected chi connectivity index (χ2v) is 6.03. The van der Waals surface area contributed by atoms with Crippen molar-refractivity contribution in [2.24, 2.45) is 5.92 Å².